The fraction of sp³-hybridized carbons (Fsp3) is 0.222. The number of carbonyl (C=O) groups excluding carboxylic acids is 1. The quantitative estimate of drug-likeness (QED) is 0.748. The smallest absolute Gasteiger partial charge is 0.248 e. The van der Waals surface area contributed by atoms with Crippen LogP contribution in [-0.2, 0) is 26.1 Å². The minimum absolute atomic E-state index is 0.218. The normalized spacial score (nSPS) is 12.2. The molecule has 126 valence electrons. The number of rotatable bonds is 8. The van der Waals surface area contributed by atoms with Gasteiger partial charge in [-0.2, -0.15) is 0 Å². The van der Waals surface area contributed by atoms with Gasteiger partial charge < -0.3 is 10.1 Å². The van der Waals surface area contributed by atoms with E-state index in [4.69, 9.17) is 4.74 Å². The van der Waals surface area contributed by atoms with Crippen LogP contribution in [0.3, 0.4) is 0 Å². The maximum atomic E-state index is 12.0. The van der Waals surface area contributed by atoms with Gasteiger partial charge in [0.1, 0.15) is 0 Å². The van der Waals surface area contributed by atoms with Crippen LogP contribution in [-0.4, -0.2) is 34.6 Å². The Hall–Kier alpha value is -2.31. The van der Waals surface area contributed by atoms with E-state index in [9.17, 15) is 9.00 Å². The van der Waals surface area contributed by atoms with Crippen LogP contribution in [0, 0.1) is 0 Å². The van der Waals surface area contributed by atoms with E-state index >= 15 is 0 Å². The molecule has 0 saturated carbocycles. The molecule has 0 fully saturated rings. The number of pyridine rings is 1. The molecule has 2 aromatic rings. The summed E-state index contributed by atoms with van der Waals surface area (Å²) in [6.45, 7) is 0.475. The molecule has 1 amide bonds. The fourth-order valence-electron chi connectivity index (χ4n) is 2.00. The van der Waals surface area contributed by atoms with Crippen LogP contribution < -0.4 is 5.32 Å². The Morgan fingerprint density at radius 1 is 1.29 bits per heavy atom. The number of ether oxygens (including phenoxy) is 1. The van der Waals surface area contributed by atoms with Gasteiger partial charge >= 0.3 is 0 Å². The van der Waals surface area contributed by atoms with Gasteiger partial charge in [0, 0.05) is 53.6 Å². The molecule has 0 aliphatic rings. The van der Waals surface area contributed by atoms with Crippen LogP contribution in [0.1, 0.15) is 11.1 Å². The van der Waals surface area contributed by atoms with Crippen molar-refractivity contribution >= 4 is 28.5 Å². The summed E-state index contributed by atoms with van der Waals surface area (Å²) in [7, 11) is 0.612. The molecule has 1 aromatic carbocycles. The summed E-state index contributed by atoms with van der Waals surface area (Å²) in [4.78, 5) is 15.9. The first-order chi connectivity index (χ1) is 11.7. The summed E-state index contributed by atoms with van der Waals surface area (Å²) >= 11 is 0. The van der Waals surface area contributed by atoms with E-state index < -0.39 is 10.8 Å². The van der Waals surface area contributed by atoms with Crippen molar-refractivity contribution in [1.29, 1.82) is 0 Å². The monoisotopic (exact) mass is 344 g/mol. The zero-order chi connectivity index (χ0) is 17.2. The zero-order valence-electron chi connectivity index (χ0n) is 13.5. The molecule has 0 radical (unpaired) electrons. The van der Waals surface area contributed by atoms with E-state index in [0.717, 1.165) is 11.1 Å². The van der Waals surface area contributed by atoms with Crippen LogP contribution in [0.2, 0.25) is 0 Å². The number of carbonyl (C=O) groups is 1. The van der Waals surface area contributed by atoms with Crippen molar-refractivity contribution in [3.8, 4) is 0 Å². The summed E-state index contributed by atoms with van der Waals surface area (Å²) in [6, 6.07) is 11.0. The maximum Gasteiger partial charge on any atom is 0.248 e. The first-order valence-electron chi connectivity index (χ1n) is 7.49. The summed E-state index contributed by atoms with van der Waals surface area (Å²) in [6.07, 6.45) is 6.54. The van der Waals surface area contributed by atoms with Gasteiger partial charge in [-0.1, -0.05) is 12.1 Å². The number of anilines is 1. The zero-order valence-corrected chi connectivity index (χ0v) is 14.3. The number of amides is 1. The molecule has 1 heterocycles. The second-order valence-corrected chi connectivity index (χ2v) is 6.66. The Bertz CT molecular complexity index is 717. The van der Waals surface area contributed by atoms with E-state index in [1.807, 2.05) is 30.3 Å². The highest BCUT2D eigenvalue weighted by atomic mass is 32.2. The standard InChI is InChI=1S/C18H20N2O3S/c1-23-11-12-24(22)14-16-3-2-4-17(13-16)20-18(21)6-5-15-7-9-19-10-8-15/h2-10,13H,11-12,14H2,1H3,(H,20,21)/b6-5+. The van der Waals surface area contributed by atoms with Crippen molar-refractivity contribution < 1.29 is 13.7 Å². The predicted octanol–water partition coefficient (Wildman–Crippen LogP) is 2.63. The molecule has 2 rings (SSSR count). The number of nitrogens with one attached hydrogen (secondary N) is 1. The first-order valence-corrected chi connectivity index (χ1v) is 8.98. The molecule has 0 bridgehead atoms. The van der Waals surface area contributed by atoms with Crippen molar-refractivity contribution in [2.45, 2.75) is 5.75 Å². The second kappa shape index (κ2) is 9.75. The van der Waals surface area contributed by atoms with Crippen molar-refractivity contribution in [3.63, 3.8) is 0 Å². The molecule has 0 spiro atoms. The highest BCUT2D eigenvalue weighted by Gasteiger charge is 2.04. The first kappa shape index (κ1) is 18.0. The molecular formula is C18H20N2O3S. The van der Waals surface area contributed by atoms with Crippen molar-refractivity contribution in [3.05, 3.63) is 66.0 Å². The van der Waals surface area contributed by atoms with Crippen molar-refractivity contribution in [2.75, 3.05) is 24.8 Å². The minimum Gasteiger partial charge on any atom is -0.384 e. The SMILES string of the molecule is COCCS(=O)Cc1cccc(NC(=O)/C=C/c2ccncc2)c1. The summed E-state index contributed by atoms with van der Waals surface area (Å²) < 4.78 is 16.8. The second-order valence-electron chi connectivity index (χ2n) is 5.08. The van der Waals surface area contributed by atoms with Crippen LogP contribution in [0.15, 0.2) is 54.9 Å². The lowest BCUT2D eigenvalue weighted by Gasteiger charge is -2.06. The molecule has 1 unspecified atom stereocenters. The number of aromatic nitrogens is 1. The van der Waals surface area contributed by atoms with E-state index in [2.05, 4.69) is 10.3 Å². The topological polar surface area (TPSA) is 68.3 Å². The third-order valence-corrected chi connectivity index (χ3v) is 4.45. The van der Waals surface area contributed by atoms with Gasteiger partial charge in [-0.25, -0.2) is 0 Å². The largest absolute Gasteiger partial charge is 0.384 e. The van der Waals surface area contributed by atoms with Gasteiger partial charge in [0.25, 0.3) is 0 Å². The predicted molar refractivity (Wildman–Crippen MR) is 96.9 cm³/mol. The summed E-state index contributed by atoms with van der Waals surface area (Å²) in [5.74, 6) is 0.728. The molecular weight excluding hydrogens is 324 g/mol. The molecule has 1 aromatic heterocycles. The van der Waals surface area contributed by atoms with E-state index in [0.29, 0.717) is 23.8 Å². The lowest BCUT2D eigenvalue weighted by molar-refractivity contribution is -0.111. The number of nitrogens with zero attached hydrogens (tertiary/aromatic N) is 1. The van der Waals surface area contributed by atoms with Crippen LogP contribution >= 0.6 is 0 Å². The average Bonchev–Trinajstić information content (AvgIpc) is 2.59. The highest BCUT2D eigenvalue weighted by molar-refractivity contribution is 7.84. The van der Waals surface area contributed by atoms with E-state index in [1.54, 1.807) is 31.6 Å². The Labute approximate surface area is 144 Å². The fourth-order valence-corrected chi connectivity index (χ4v) is 3.05. The highest BCUT2D eigenvalue weighted by Crippen LogP contribution is 2.13. The van der Waals surface area contributed by atoms with Gasteiger partial charge in [0.05, 0.1) is 6.61 Å². The number of hydrogen-bond donors (Lipinski definition) is 1. The van der Waals surface area contributed by atoms with Crippen molar-refractivity contribution in [2.24, 2.45) is 0 Å². The van der Waals surface area contributed by atoms with Gasteiger partial charge in [0.15, 0.2) is 0 Å². The lowest BCUT2D eigenvalue weighted by Crippen LogP contribution is -2.09. The number of hydrogen-bond acceptors (Lipinski definition) is 4. The maximum absolute atomic E-state index is 12.0. The molecule has 5 nitrogen and oxygen atoms in total. The Balaban J connectivity index is 1.92. The van der Waals surface area contributed by atoms with E-state index in [1.165, 1.54) is 6.08 Å². The molecule has 1 atom stereocenters. The summed E-state index contributed by atoms with van der Waals surface area (Å²) in [5, 5.41) is 2.80. The third kappa shape index (κ3) is 6.44. The van der Waals surface area contributed by atoms with Crippen LogP contribution in [0.4, 0.5) is 5.69 Å². The molecule has 0 saturated heterocycles. The van der Waals surface area contributed by atoms with Crippen LogP contribution in [0.25, 0.3) is 6.08 Å². The van der Waals surface area contributed by atoms with E-state index in [-0.39, 0.29) is 5.91 Å². The molecule has 24 heavy (non-hydrogen) atoms. The van der Waals surface area contributed by atoms with Gasteiger partial charge in [-0.15, -0.1) is 0 Å². The van der Waals surface area contributed by atoms with Crippen LogP contribution in [0.5, 0.6) is 0 Å². The molecule has 6 heteroatoms. The van der Waals surface area contributed by atoms with Gasteiger partial charge in [-0.3, -0.25) is 14.0 Å². The summed E-state index contributed by atoms with van der Waals surface area (Å²) in [5.41, 5.74) is 2.50. The number of methoxy groups -OCH3 is 1. The Kier molecular flexibility index (Phi) is 7.32. The van der Waals surface area contributed by atoms with Gasteiger partial charge in [0.2, 0.25) is 5.91 Å². The molecule has 0 aliphatic carbocycles. The molecule has 1 N–H and O–H groups in total. The lowest BCUT2D eigenvalue weighted by atomic mass is 10.2. The third-order valence-electron chi connectivity index (χ3n) is 3.17. The Morgan fingerprint density at radius 3 is 2.83 bits per heavy atom. The van der Waals surface area contributed by atoms with Crippen molar-refractivity contribution in [1.82, 2.24) is 4.98 Å². The number of benzene rings is 1. The van der Waals surface area contributed by atoms with Gasteiger partial charge in [-0.05, 0) is 41.5 Å². The molecule has 0 aliphatic heterocycles. The Morgan fingerprint density at radius 2 is 2.08 bits per heavy atom. The average molecular weight is 344 g/mol. The minimum atomic E-state index is -0.978.